The second-order valence-electron chi connectivity index (χ2n) is 4.63. The van der Waals surface area contributed by atoms with Gasteiger partial charge in [0.25, 0.3) is 0 Å². The predicted molar refractivity (Wildman–Crippen MR) is 82.4 cm³/mol. The molecule has 2 N–H and O–H groups in total. The van der Waals surface area contributed by atoms with E-state index < -0.39 is 0 Å². The molecule has 0 aromatic heterocycles. The largest absolute Gasteiger partial charge is 0.495 e. The quantitative estimate of drug-likeness (QED) is 0.881. The predicted octanol–water partition coefficient (Wildman–Crippen LogP) is 3.76. The molecule has 0 heterocycles. The number of aliphatic hydroxyl groups excluding tert-OH is 1. The van der Waals surface area contributed by atoms with Crippen LogP contribution in [-0.4, -0.2) is 12.2 Å². The Morgan fingerprint density at radius 3 is 2.40 bits per heavy atom. The Hall–Kier alpha value is -1.71. The third-order valence-corrected chi connectivity index (χ3v) is 3.58. The minimum absolute atomic E-state index is 0.0674. The zero-order chi connectivity index (χ0) is 14.5. The van der Waals surface area contributed by atoms with E-state index in [-0.39, 0.29) is 6.61 Å². The molecule has 0 atom stereocenters. The standard InChI is InChI=1S/C16H18ClNO2/c1-11-7-15(16(20-2)8-14(11)17)18-9-12-3-5-13(10-19)6-4-12/h3-8,18-19H,9-10H2,1-2H3. The van der Waals surface area contributed by atoms with Crippen molar-refractivity contribution in [3.05, 3.63) is 58.1 Å². The van der Waals surface area contributed by atoms with Gasteiger partial charge in [-0.2, -0.15) is 0 Å². The number of anilines is 1. The third kappa shape index (κ3) is 3.44. The Bertz CT molecular complexity index is 582. The van der Waals surface area contributed by atoms with Gasteiger partial charge < -0.3 is 15.2 Å². The van der Waals surface area contributed by atoms with Gasteiger partial charge in [-0.1, -0.05) is 35.9 Å². The fraction of sp³-hybridized carbons (Fsp3) is 0.250. The van der Waals surface area contributed by atoms with Gasteiger partial charge in [0, 0.05) is 17.6 Å². The molecule has 0 aliphatic rings. The lowest BCUT2D eigenvalue weighted by atomic mass is 10.1. The van der Waals surface area contributed by atoms with Crippen molar-refractivity contribution in [1.82, 2.24) is 0 Å². The average molecular weight is 292 g/mol. The topological polar surface area (TPSA) is 41.5 Å². The van der Waals surface area contributed by atoms with E-state index in [4.69, 9.17) is 21.4 Å². The first-order chi connectivity index (χ1) is 9.63. The van der Waals surface area contributed by atoms with Crippen LogP contribution in [0, 0.1) is 6.92 Å². The summed E-state index contributed by atoms with van der Waals surface area (Å²) in [4.78, 5) is 0. The third-order valence-electron chi connectivity index (χ3n) is 3.17. The first kappa shape index (κ1) is 14.7. The smallest absolute Gasteiger partial charge is 0.143 e. The number of ether oxygens (including phenoxy) is 1. The number of methoxy groups -OCH3 is 1. The molecule has 0 spiro atoms. The molecule has 0 aliphatic heterocycles. The number of aryl methyl sites for hydroxylation is 1. The van der Waals surface area contributed by atoms with Crippen molar-refractivity contribution in [2.45, 2.75) is 20.1 Å². The van der Waals surface area contributed by atoms with Crippen molar-refractivity contribution in [3.63, 3.8) is 0 Å². The number of rotatable bonds is 5. The number of benzene rings is 2. The molecule has 2 aromatic carbocycles. The summed E-state index contributed by atoms with van der Waals surface area (Å²) in [5.41, 5.74) is 3.97. The van der Waals surface area contributed by atoms with Crippen molar-refractivity contribution in [3.8, 4) is 5.75 Å². The Morgan fingerprint density at radius 2 is 1.80 bits per heavy atom. The minimum atomic E-state index is 0.0674. The Balaban J connectivity index is 2.11. The number of hydrogen-bond donors (Lipinski definition) is 2. The minimum Gasteiger partial charge on any atom is -0.495 e. The van der Waals surface area contributed by atoms with Crippen molar-refractivity contribution >= 4 is 17.3 Å². The number of aliphatic hydroxyl groups is 1. The summed E-state index contributed by atoms with van der Waals surface area (Å²) in [7, 11) is 1.63. The van der Waals surface area contributed by atoms with Crippen LogP contribution in [0.15, 0.2) is 36.4 Å². The van der Waals surface area contributed by atoms with Gasteiger partial charge in [0.05, 0.1) is 19.4 Å². The maximum atomic E-state index is 9.02. The first-order valence-corrected chi connectivity index (χ1v) is 6.78. The second kappa shape index (κ2) is 6.64. The highest BCUT2D eigenvalue weighted by atomic mass is 35.5. The lowest BCUT2D eigenvalue weighted by Crippen LogP contribution is -2.02. The molecule has 0 amide bonds. The van der Waals surface area contributed by atoms with E-state index in [1.54, 1.807) is 7.11 Å². The fourth-order valence-corrected chi connectivity index (χ4v) is 2.08. The molecule has 0 aliphatic carbocycles. The highest BCUT2D eigenvalue weighted by Gasteiger charge is 2.06. The fourth-order valence-electron chi connectivity index (χ4n) is 1.93. The van der Waals surface area contributed by atoms with E-state index in [1.165, 1.54) is 0 Å². The van der Waals surface area contributed by atoms with Gasteiger partial charge in [-0.3, -0.25) is 0 Å². The lowest BCUT2D eigenvalue weighted by Gasteiger charge is -2.13. The molecule has 4 heteroatoms. The van der Waals surface area contributed by atoms with Crippen LogP contribution in [0.2, 0.25) is 5.02 Å². The van der Waals surface area contributed by atoms with E-state index in [2.05, 4.69) is 5.32 Å². The summed E-state index contributed by atoms with van der Waals surface area (Å²) >= 11 is 6.08. The maximum absolute atomic E-state index is 9.02. The SMILES string of the molecule is COc1cc(Cl)c(C)cc1NCc1ccc(CO)cc1. The molecule has 0 bridgehead atoms. The van der Waals surface area contributed by atoms with E-state index in [9.17, 15) is 0 Å². The van der Waals surface area contributed by atoms with Crippen molar-refractivity contribution < 1.29 is 9.84 Å². The van der Waals surface area contributed by atoms with Crippen LogP contribution in [0.4, 0.5) is 5.69 Å². The molecule has 2 aromatic rings. The van der Waals surface area contributed by atoms with Crippen LogP contribution in [0.3, 0.4) is 0 Å². The Kier molecular flexibility index (Phi) is 4.88. The van der Waals surface area contributed by atoms with Crippen LogP contribution in [0.1, 0.15) is 16.7 Å². The highest BCUT2D eigenvalue weighted by molar-refractivity contribution is 6.31. The van der Waals surface area contributed by atoms with E-state index >= 15 is 0 Å². The van der Waals surface area contributed by atoms with Gasteiger partial charge in [-0.05, 0) is 29.7 Å². The molecule has 0 saturated heterocycles. The Morgan fingerprint density at radius 1 is 1.15 bits per heavy atom. The lowest BCUT2D eigenvalue weighted by molar-refractivity contribution is 0.282. The highest BCUT2D eigenvalue weighted by Crippen LogP contribution is 2.31. The molecule has 0 saturated carbocycles. The second-order valence-corrected chi connectivity index (χ2v) is 5.04. The molecule has 20 heavy (non-hydrogen) atoms. The van der Waals surface area contributed by atoms with Gasteiger partial charge in [0.15, 0.2) is 0 Å². The molecule has 0 unspecified atom stereocenters. The number of hydrogen-bond acceptors (Lipinski definition) is 3. The van der Waals surface area contributed by atoms with Crippen LogP contribution in [-0.2, 0) is 13.2 Å². The molecule has 0 radical (unpaired) electrons. The summed E-state index contributed by atoms with van der Waals surface area (Å²) in [5.74, 6) is 0.729. The van der Waals surface area contributed by atoms with Crippen LogP contribution in [0.25, 0.3) is 0 Å². The average Bonchev–Trinajstić information content (AvgIpc) is 2.48. The normalized spacial score (nSPS) is 10.4. The molecule has 2 rings (SSSR count). The zero-order valence-electron chi connectivity index (χ0n) is 11.6. The van der Waals surface area contributed by atoms with Gasteiger partial charge >= 0.3 is 0 Å². The monoisotopic (exact) mass is 291 g/mol. The molecule has 106 valence electrons. The van der Waals surface area contributed by atoms with Crippen LogP contribution >= 0.6 is 11.6 Å². The molecular formula is C16H18ClNO2. The summed E-state index contributed by atoms with van der Waals surface area (Å²) in [6, 6.07) is 11.6. The summed E-state index contributed by atoms with van der Waals surface area (Å²) in [6.07, 6.45) is 0. The van der Waals surface area contributed by atoms with E-state index in [0.29, 0.717) is 11.6 Å². The van der Waals surface area contributed by atoms with Gasteiger partial charge in [0.1, 0.15) is 5.75 Å². The maximum Gasteiger partial charge on any atom is 0.143 e. The number of halogens is 1. The molecule has 0 fully saturated rings. The zero-order valence-corrected chi connectivity index (χ0v) is 12.4. The van der Waals surface area contributed by atoms with E-state index in [0.717, 1.165) is 28.1 Å². The van der Waals surface area contributed by atoms with Gasteiger partial charge in [-0.25, -0.2) is 0 Å². The van der Waals surface area contributed by atoms with Gasteiger partial charge in [-0.15, -0.1) is 0 Å². The number of nitrogens with one attached hydrogen (secondary N) is 1. The van der Waals surface area contributed by atoms with E-state index in [1.807, 2.05) is 43.3 Å². The van der Waals surface area contributed by atoms with Crippen molar-refractivity contribution in [1.29, 1.82) is 0 Å². The summed E-state index contributed by atoms with van der Waals surface area (Å²) in [6.45, 7) is 2.71. The van der Waals surface area contributed by atoms with Gasteiger partial charge in [0.2, 0.25) is 0 Å². The first-order valence-electron chi connectivity index (χ1n) is 6.40. The van der Waals surface area contributed by atoms with Crippen LogP contribution < -0.4 is 10.1 Å². The molecule has 3 nitrogen and oxygen atoms in total. The van der Waals surface area contributed by atoms with Crippen LogP contribution in [0.5, 0.6) is 5.75 Å². The Labute approximate surface area is 124 Å². The summed E-state index contributed by atoms with van der Waals surface area (Å²) < 4.78 is 5.33. The summed E-state index contributed by atoms with van der Waals surface area (Å²) in [5, 5.41) is 13.1. The molecular weight excluding hydrogens is 274 g/mol. The van der Waals surface area contributed by atoms with Crippen molar-refractivity contribution in [2.75, 3.05) is 12.4 Å². The van der Waals surface area contributed by atoms with Crippen molar-refractivity contribution in [2.24, 2.45) is 0 Å².